The van der Waals surface area contributed by atoms with Crippen LogP contribution in [0.5, 0.6) is 0 Å². The van der Waals surface area contributed by atoms with Crippen LogP contribution in [0.1, 0.15) is 27.3 Å². The minimum absolute atomic E-state index is 0.0330. The van der Waals surface area contributed by atoms with Crippen LogP contribution >= 0.6 is 0 Å². The van der Waals surface area contributed by atoms with Crippen molar-refractivity contribution in [3.63, 3.8) is 0 Å². The van der Waals surface area contributed by atoms with Crippen LogP contribution in [0.15, 0.2) is 30.3 Å². The molecule has 0 aliphatic rings. The third-order valence-corrected chi connectivity index (χ3v) is 2.98. The maximum Gasteiger partial charge on any atom is 0.251 e. The van der Waals surface area contributed by atoms with Crippen LogP contribution in [0.25, 0.3) is 0 Å². The van der Waals surface area contributed by atoms with Gasteiger partial charge in [-0.05, 0) is 38.0 Å². The number of nitrogens with zero attached hydrogens (tertiary/aromatic N) is 1. The number of aryl methyl sites for hydroxylation is 2. The summed E-state index contributed by atoms with van der Waals surface area (Å²) >= 11 is 0. The Hall–Kier alpha value is -2.10. The van der Waals surface area contributed by atoms with E-state index < -0.39 is 0 Å². The van der Waals surface area contributed by atoms with Crippen LogP contribution in [0.3, 0.4) is 0 Å². The Kier molecular flexibility index (Phi) is 3.77. The van der Waals surface area contributed by atoms with Gasteiger partial charge in [0, 0.05) is 17.8 Å². The molecule has 4 nitrogen and oxygen atoms in total. The Bertz CT molecular complexity index is 512. The maximum atomic E-state index is 11.8. The summed E-state index contributed by atoms with van der Waals surface area (Å²) in [5, 5.41) is 9.99. The molecule has 1 aromatic carbocycles. The van der Waals surface area contributed by atoms with Gasteiger partial charge in [-0.2, -0.15) is 5.10 Å². The summed E-state index contributed by atoms with van der Waals surface area (Å²) in [6.07, 6.45) is 0.798. The average molecular weight is 243 g/mol. The van der Waals surface area contributed by atoms with E-state index in [4.69, 9.17) is 0 Å². The Balaban J connectivity index is 1.88. The van der Waals surface area contributed by atoms with E-state index in [1.54, 1.807) is 0 Å². The summed E-state index contributed by atoms with van der Waals surface area (Å²) in [5.74, 6) is -0.0330. The minimum Gasteiger partial charge on any atom is -0.352 e. The number of rotatable bonds is 4. The maximum absolute atomic E-state index is 11.8. The van der Waals surface area contributed by atoms with Crippen molar-refractivity contribution in [2.24, 2.45) is 0 Å². The highest BCUT2D eigenvalue weighted by atomic mass is 16.1. The predicted molar refractivity (Wildman–Crippen MR) is 70.5 cm³/mol. The predicted octanol–water partition coefficient (Wildman–Crippen LogP) is 2.00. The molecule has 1 heterocycles. The summed E-state index contributed by atoms with van der Waals surface area (Å²) < 4.78 is 0. The summed E-state index contributed by atoms with van der Waals surface area (Å²) in [5.41, 5.74) is 3.95. The van der Waals surface area contributed by atoms with E-state index in [0.717, 1.165) is 17.8 Å². The van der Waals surface area contributed by atoms with E-state index >= 15 is 0 Å². The normalized spacial score (nSPS) is 10.3. The molecule has 94 valence electrons. The van der Waals surface area contributed by atoms with E-state index in [2.05, 4.69) is 15.5 Å². The molecule has 1 aromatic heterocycles. The Morgan fingerprint density at radius 2 is 2.00 bits per heavy atom. The zero-order valence-corrected chi connectivity index (χ0v) is 10.7. The highest BCUT2D eigenvalue weighted by Crippen LogP contribution is 2.09. The van der Waals surface area contributed by atoms with Gasteiger partial charge in [-0.25, -0.2) is 0 Å². The molecule has 0 aliphatic carbocycles. The lowest BCUT2D eigenvalue weighted by Gasteiger charge is -2.05. The summed E-state index contributed by atoms with van der Waals surface area (Å²) in [6.45, 7) is 4.58. The molecule has 0 aliphatic heterocycles. The number of aromatic nitrogens is 2. The third-order valence-electron chi connectivity index (χ3n) is 2.98. The van der Waals surface area contributed by atoms with E-state index in [-0.39, 0.29) is 5.91 Å². The Morgan fingerprint density at radius 1 is 1.28 bits per heavy atom. The van der Waals surface area contributed by atoms with Gasteiger partial charge in [-0.15, -0.1) is 0 Å². The molecule has 2 rings (SSSR count). The van der Waals surface area contributed by atoms with Crippen LogP contribution in [0, 0.1) is 13.8 Å². The molecule has 0 unspecified atom stereocenters. The molecule has 0 saturated heterocycles. The van der Waals surface area contributed by atoms with Crippen molar-refractivity contribution in [3.8, 4) is 0 Å². The van der Waals surface area contributed by atoms with Gasteiger partial charge in [0.15, 0.2) is 0 Å². The minimum atomic E-state index is -0.0330. The lowest BCUT2D eigenvalue weighted by molar-refractivity contribution is 0.0954. The highest BCUT2D eigenvalue weighted by Gasteiger charge is 2.07. The van der Waals surface area contributed by atoms with Gasteiger partial charge < -0.3 is 5.32 Å². The molecule has 0 fully saturated rings. The monoisotopic (exact) mass is 243 g/mol. The van der Waals surface area contributed by atoms with Crippen molar-refractivity contribution in [2.45, 2.75) is 20.3 Å². The van der Waals surface area contributed by atoms with Crippen LogP contribution in [-0.2, 0) is 6.42 Å². The molecule has 1 amide bonds. The molecule has 0 radical (unpaired) electrons. The lowest BCUT2D eigenvalue weighted by Crippen LogP contribution is -2.25. The van der Waals surface area contributed by atoms with Gasteiger partial charge in [-0.1, -0.05) is 18.2 Å². The molecule has 18 heavy (non-hydrogen) atoms. The van der Waals surface area contributed by atoms with Crippen molar-refractivity contribution in [1.82, 2.24) is 15.5 Å². The number of hydrogen-bond donors (Lipinski definition) is 2. The van der Waals surface area contributed by atoms with Gasteiger partial charge in [0.25, 0.3) is 5.91 Å². The number of H-pyrrole nitrogens is 1. The fraction of sp³-hybridized carbons (Fsp3) is 0.286. The van der Waals surface area contributed by atoms with Crippen molar-refractivity contribution in [2.75, 3.05) is 6.54 Å². The molecule has 0 saturated carbocycles. The summed E-state index contributed by atoms with van der Waals surface area (Å²) in [7, 11) is 0. The molecular weight excluding hydrogens is 226 g/mol. The first-order chi connectivity index (χ1) is 8.68. The zero-order chi connectivity index (χ0) is 13.0. The topological polar surface area (TPSA) is 57.8 Å². The van der Waals surface area contributed by atoms with Crippen LogP contribution in [-0.4, -0.2) is 22.6 Å². The first kappa shape index (κ1) is 12.4. The zero-order valence-electron chi connectivity index (χ0n) is 10.7. The fourth-order valence-corrected chi connectivity index (χ4v) is 1.94. The Labute approximate surface area is 106 Å². The first-order valence-electron chi connectivity index (χ1n) is 6.02. The second-order valence-corrected chi connectivity index (χ2v) is 4.28. The number of amides is 1. The van der Waals surface area contributed by atoms with E-state index in [9.17, 15) is 4.79 Å². The van der Waals surface area contributed by atoms with E-state index in [1.165, 1.54) is 5.56 Å². The van der Waals surface area contributed by atoms with Crippen LogP contribution in [0.2, 0.25) is 0 Å². The fourth-order valence-electron chi connectivity index (χ4n) is 1.94. The second-order valence-electron chi connectivity index (χ2n) is 4.28. The highest BCUT2D eigenvalue weighted by molar-refractivity contribution is 5.94. The third kappa shape index (κ3) is 2.77. The molecule has 0 bridgehead atoms. The number of aromatic amines is 1. The number of nitrogens with one attached hydrogen (secondary N) is 2. The van der Waals surface area contributed by atoms with Crippen LogP contribution < -0.4 is 5.32 Å². The van der Waals surface area contributed by atoms with E-state index in [1.807, 2.05) is 44.2 Å². The quantitative estimate of drug-likeness (QED) is 0.863. The van der Waals surface area contributed by atoms with Gasteiger partial charge >= 0.3 is 0 Å². The largest absolute Gasteiger partial charge is 0.352 e. The molecule has 2 aromatic rings. The average Bonchev–Trinajstić information content (AvgIpc) is 2.71. The number of benzene rings is 1. The summed E-state index contributed by atoms with van der Waals surface area (Å²) in [6, 6.07) is 9.24. The molecule has 2 N–H and O–H groups in total. The van der Waals surface area contributed by atoms with Gasteiger partial charge in [0.05, 0.1) is 5.69 Å². The molecule has 0 spiro atoms. The molecule has 0 atom stereocenters. The lowest BCUT2D eigenvalue weighted by atomic mass is 10.1. The molecule has 4 heteroatoms. The number of hydrogen-bond acceptors (Lipinski definition) is 2. The number of carbonyl (C=O) groups excluding carboxylic acids is 1. The van der Waals surface area contributed by atoms with Crippen LogP contribution in [0.4, 0.5) is 0 Å². The number of carbonyl (C=O) groups is 1. The SMILES string of the molecule is Cc1n[nH]c(C)c1CCNC(=O)c1ccccc1. The second kappa shape index (κ2) is 5.49. The van der Waals surface area contributed by atoms with E-state index in [0.29, 0.717) is 12.1 Å². The first-order valence-corrected chi connectivity index (χ1v) is 6.02. The van der Waals surface area contributed by atoms with Crippen molar-refractivity contribution in [3.05, 3.63) is 52.8 Å². The van der Waals surface area contributed by atoms with Gasteiger partial charge in [0.1, 0.15) is 0 Å². The standard InChI is InChI=1S/C14H17N3O/c1-10-13(11(2)17-16-10)8-9-15-14(18)12-6-4-3-5-7-12/h3-7H,8-9H2,1-2H3,(H,15,18)(H,16,17). The van der Waals surface area contributed by atoms with Crippen molar-refractivity contribution < 1.29 is 4.79 Å². The van der Waals surface area contributed by atoms with Gasteiger partial charge in [0.2, 0.25) is 0 Å². The van der Waals surface area contributed by atoms with Crippen molar-refractivity contribution in [1.29, 1.82) is 0 Å². The van der Waals surface area contributed by atoms with Gasteiger partial charge in [-0.3, -0.25) is 9.89 Å². The summed E-state index contributed by atoms with van der Waals surface area (Å²) in [4.78, 5) is 11.8. The van der Waals surface area contributed by atoms with Crippen molar-refractivity contribution >= 4 is 5.91 Å². The Morgan fingerprint density at radius 3 is 2.61 bits per heavy atom. The molecular formula is C14H17N3O. The smallest absolute Gasteiger partial charge is 0.251 e.